The molecular formula is C29H40N4O6S. The SMILES string of the molecule is C[C@@H]1CN([C@@H](C)CO)C(=O)c2cccc(NC(=O)NC3CCCCC3)c2O[C@@H]1CN(C)S(=O)(=O)c1ccccc1. The molecule has 3 N–H and O–H groups in total. The summed E-state index contributed by atoms with van der Waals surface area (Å²) in [6.07, 6.45) is 4.49. The predicted molar refractivity (Wildman–Crippen MR) is 153 cm³/mol. The second kappa shape index (κ2) is 13.0. The first kappa shape index (κ1) is 29.8. The molecule has 1 heterocycles. The van der Waals surface area contributed by atoms with E-state index in [1.54, 1.807) is 60.4 Å². The van der Waals surface area contributed by atoms with E-state index in [2.05, 4.69) is 10.6 Å². The van der Waals surface area contributed by atoms with Gasteiger partial charge < -0.3 is 25.4 Å². The van der Waals surface area contributed by atoms with E-state index in [1.807, 2.05) is 6.92 Å². The Morgan fingerprint density at radius 2 is 1.82 bits per heavy atom. The van der Waals surface area contributed by atoms with E-state index >= 15 is 0 Å². The number of fused-ring (bicyclic) bond motifs is 1. The Balaban J connectivity index is 1.66. The summed E-state index contributed by atoms with van der Waals surface area (Å²) in [5.74, 6) is -0.449. The van der Waals surface area contributed by atoms with Crippen LogP contribution in [0.2, 0.25) is 0 Å². The van der Waals surface area contributed by atoms with Gasteiger partial charge in [0.25, 0.3) is 5.91 Å². The average Bonchev–Trinajstić information content (AvgIpc) is 2.95. The first-order valence-corrected chi connectivity index (χ1v) is 15.4. The second-order valence-electron chi connectivity index (χ2n) is 10.8. The second-order valence-corrected chi connectivity index (χ2v) is 12.9. The van der Waals surface area contributed by atoms with E-state index < -0.39 is 22.2 Å². The van der Waals surface area contributed by atoms with Crippen LogP contribution in [0.3, 0.4) is 0 Å². The van der Waals surface area contributed by atoms with Crippen molar-refractivity contribution in [3.63, 3.8) is 0 Å². The van der Waals surface area contributed by atoms with E-state index in [1.165, 1.54) is 17.8 Å². The lowest BCUT2D eigenvalue weighted by molar-refractivity contribution is 0.0389. The van der Waals surface area contributed by atoms with Crippen molar-refractivity contribution in [3.8, 4) is 5.75 Å². The van der Waals surface area contributed by atoms with Crippen LogP contribution in [0.15, 0.2) is 53.4 Å². The summed E-state index contributed by atoms with van der Waals surface area (Å²) < 4.78 is 34.3. The maximum Gasteiger partial charge on any atom is 0.319 e. The third-order valence-corrected chi connectivity index (χ3v) is 9.61. The number of carbonyl (C=O) groups excluding carboxylic acids is 2. The van der Waals surface area contributed by atoms with Crippen LogP contribution in [0.5, 0.6) is 5.75 Å². The highest BCUT2D eigenvalue weighted by Gasteiger charge is 2.36. The fourth-order valence-electron chi connectivity index (χ4n) is 5.27. The monoisotopic (exact) mass is 572 g/mol. The number of hydrogen-bond donors (Lipinski definition) is 3. The van der Waals surface area contributed by atoms with Crippen LogP contribution in [0.4, 0.5) is 10.5 Å². The minimum absolute atomic E-state index is 0.00990. The maximum atomic E-state index is 13.7. The molecule has 218 valence electrons. The number of anilines is 1. The third kappa shape index (κ3) is 6.76. The Morgan fingerprint density at radius 3 is 2.50 bits per heavy atom. The number of sulfonamides is 1. The molecule has 0 saturated heterocycles. The highest BCUT2D eigenvalue weighted by atomic mass is 32.2. The number of nitrogens with zero attached hydrogens (tertiary/aromatic N) is 2. The summed E-state index contributed by atoms with van der Waals surface area (Å²) in [5, 5.41) is 15.8. The number of ether oxygens (including phenoxy) is 1. The topological polar surface area (TPSA) is 128 Å². The fraction of sp³-hybridized carbons (Fsp3) is 0.517. The number of nitrogens with one attached hydrogen (secondary N) is 2. The zero-order valence-corrected chi connectivity index (χ0v) is 24.2. The van der Waals surface area contributed by atoms with Crippen LogP contribution in [0.1, 0.15) is 56.3 Å². The van der Waals surface area contributed by atoms with Crippen molar-refractivity contribution in [1.82, 2.24) is 14.5 Å². The van der Waals surface area contributed by atoms with Crippen molar-refractivity contribution in [3.05, 3.63) is 54.1 Å². The largest absolute Gasteiger partial charge is 0.486 e. The molecule has 0 spiro atoms. The van der Waals surface area contributed by atoms with Crippen molar-refractivity contribution in [2.45, 2.75) is 69.0 Å². The summed E-state index contributed by atoms with van der Waals surface area (Å²) in [5.41, 5.74) is 0.560. The zero-order chi connectivity index (χ0) is 28.9. The van der Waals surface area contributed by atoms with Gasteiger partial charge in [-0.3, -0.25) is 4.79 Å². The molecule has 2 aliphatic rings. The number of urea groups is 1. The van der Waals surface area contributed by atoms with Gasteiger partial charge in [0.05, 0.1) is 35.3 Å². The average molecular weight is 573 g/mol. The van der Waals surface area contributed by atoms with Gasteiger partial charge in [0.1, 0.15) is 6.10 Å². The molecule has 0 radical (unpaired) electrons. The number of para-hydroxylation sites is 1. The van der Waals surface area contributed by atoms with Gasteiger partial charge in [-0.2, -0.15) is 4.31 Å². The summed E-state index contributed by atoms with van der Waals surface area (Å²) in [4.78, 5) is 28.4. The van der Waals surface area contributed by atoms with Crippen LogP contribution < -0.4 is 15.4 Å². The molecule has 11 heteroatoms. The lowest BCUT2D eigenvalue weighted by Crippen LogP contribution is -2.50. The molecule has 2 aromatic carbocycles. The molecule has 0 unspecified atom stereocenters. The van der Waals surface area contributed by atoms with Crippen LogP contribution in [-0.2, 0) is 10.0 Å². The first-order chi connectivity index (χ1) is 19.1. The van der Waals surface area contributed by atoms with E-state index in [4.69, 9.17) is 4.74 Å². The van der Waals surface area contributed by atoms with Crippen molar-refractivity contribution in [2.75, 3.05) is 32.1 Å². The minimum Gasteiger partial charge on any atom is -0.486 e. The summed E-state index contributed by atoms with van der Waals surface area (Å²) in [7, 11) is -2.30. The van der Waals surface area contributed by atoms with Crippen LogP contribution in [-0.4, -0.2) is 79.6 Å². The Hall–Kier alpha value is -3.15. The number of likely N-dealkylation sites (N-methyl/N-ethyl adjacent to an activating group) is 1. The lowest BCUT2D eigenvalue weighted by Gasteiger charge is -2.38. The molecule has 3 atom stereocenters. The summed E-state index contributed by atoms with van der Waals surface area (Å²) in [6, 6.07) is 12.4. The van der Waals surface area contributed by atoms with Gasteiger partial charge in [0, 0.05) is 25.6 Å². The number of aliphatic hydroxyl groups excluding tert-OH is 1. The van der Waals surface area contributed by atoms with Crippen LogP contribution in [0, 0.1) is 5.92 Å². The molecule has 1 fully saturated rings. The molecule has 4 rings (SSSR count). The van der Waals surface area contributed by atoms with Gasteiger partial charge in [-0.25, -0.2) is 13.2 Å². The molecule has 0 aromatic heterocycles. The van der Waals surface area contributed by atoms with Crippen LogP contribution >= 0.6 is 0 Å². The normalized spacial score (nSPS) is 21.1. The molecule has 10 nitrogen and oxygen atoms in total. The van der Waals surface area contributed by atoms with Crippen molar-refractivity contribution < 1.29 is 27.9 Å². The predicted octanol–water partition coefficient (Wildman–Crippen LogP) is 3.68. The lowest BCUT2D eigenvalue weighted by atomic mass is 9.96. The number of amides is 3. The zero-order valence-electron chi connectivity index (χ0n) is 23.4. The summed E-state index contributed by atoms with van der Waals surface area (Å²) >= 11 is 0. The third-order valence-electron chi connectivity index (χ3n) is 7.77. The standard InChI is InChI=1S/C29H40N4O6S/c1-20-17-33(21(2)19-34)28(35)24-15-10-16-25(31-29(36)30-22-11-6-4-7-12-22)27(24)39-26(20)18-32(3)40(37,38)23-13-8-5-9-14-23/h5,8-10,13-16,20-22,26,34H,4,6-7,11-12,17-19H2,1-3H3,(H2,30,31,36)/t20-,21+,26-/m1/s1. The summed E-state index contributed by atoms with van der Waals surface area (Å²) in [6.45, 7) is 3.67. The molecule has 3 amide bonds. The smallest absolute Gasteiger partial charge is 0.319 e. The van der Waals surface area contributed by atoms with Crippen molar-refractivity contribution in [1.29, 1.82) is 0 Å². The number of rotatable bonds is 8. The molecule has 0 bridgehead atoms. The Bertz CT molecular complexity index is 1280. The van der Waals surface area contributed by atoms with Crippen LogP contribution in [0.25, 0.3) is 0 Å². The Morgan fingerprint density at radius 1 is 1.12 bits per heavy atom. The Labute approximate surface area is 236 Å². The maximum absolute atomic E-state index is 13.7. The van der Waals surface area contributed by atoms with Gasteiger partial charge in [0.15, 0.2) is 5.75 Å². The van der Waals surface area contributed by atoms with E-state index in [0.717, 1.165) is 25.7 Å². The minimum atomic E-state index is -3.80. The number of aliphatic hydroxyl groups is 1. The van der Waals surface area contributed by atoms with Crippen molar-refractivity contribution >= 4 is 27.6 Å². The van der Waals surface area contributed by atoms with Gasteiger partial charge in [0.2, 0.25) is 10.0 Å². The van der Waals surface area contributed by atoms with Gasteiger partial charge in [-0.1, -0.05) is 50.5 Å². The molecule has 1 aliphatic carbocycles. The van der Waals surface area contributed by atoms with E-state index in [9.17, 15) is 23.1 Å². The van der Waals surface area contributed by atoms with Gasteiger partial charge in [-0.15, -0.1) is 0 Å². The quantitative estimate of drug-likeness (QED) is 0.443. The molecule has 1 aliphatic heterocycles. The van der Waals surface area contributed by atoms with Gasteiger partial charge >= 0.3 is 6.03 Å². The van der Waals surface area contributed by atoms with Crippen molar-refractivity contribution in [2.24, 2.45) is 5.92 Å². The fourth-order valence-corrected chi connectivity index (χ4v) is 6.48. The number of benzene rings is 2. The molecule has 2 aromatic rings. The number of hydrogen-bond acceptors (Lipinski definition) is 6. The molecular weight excluding hydrogens is 532 g/mol. The van der Waals surface area contributed by atoms with Gasteiger partial charge in [-0.05, 0) is 44.0 Å². The first-order valence-electron chi connectivity index (χ1n) is 13.9. The molecule has 1 saturated carbocycles. The highest BCUT2D eigenvalue weighted by molar-refractivity contribution is 7.89. The van der Waals surface area contributed by atoms with E-state index in [0.29, 0.717) is 5.69 Å². The number of carbonyl (C=O) groups is 2. The highest BCUT2D eigenvalue weighted by Crippen LogP contribution is 2.35. The molecule has 40 heavy (non-hydrogen) atoms. The Kier molecular flexibility index (Phi) is 9.70. The van der Waals surface area contributed by atoms with E-state index in [-0.39, 0.29) is 59.8 Å².